The number of rotatable bonds is 4. The SMILES string of the molecule is CC1(C)c2ccccc2-c2ccc3oc4c(-c5ccc(-c6c7ccccc7c(-c7cccc(-c8cccc9ccccc89)c7)c7ccccc67)cc5)c5ccccc5cc4c3c21. The predicted octanol–water partition coefficient (Wildman–Crippen LogP) is 17.2. The third kappa shape index (κ3) is 4.97. The van der Waals surface area contributed by atoms with E-state index >= 15 is 0 Å². The van der Waals surface area contributed by atoms with E-state index in [-0.39, 0.29) is 5.41 Å². The monoisotopic (exact) mass is 788 g/mol. The van der Waals surface area contributed by atoms with Gasteiger partial charge in [0, 0.05) is 21.8 Å². The van der Waals surface area contributed by atoms with Crippen molar-refractivity contribution in [2.45, 2.75) is 19.3 Å². The Balaban J connectivity index is 0.994. The molecule has 0 aliphatic heterocycles. The van der Waals surface area contributed by atoms with Crippen molar-refractivity contribution in [3.63, 3.8) is 0 Å². The van der Waals surface area contributed by atoms with Gasteiger partial charge >= 0.3 is 0 Å². The summed E-state index contributed by atoms with van der Waals surface area (Å²) in [6.45, 7) is 4.72. The van der Waals surface area contributed by atoms with E-state index in [9.17, 15) is 0 Å². The molecule has 11 aromatic carbocycles. The largest absolute Gasteiger partial charge is 0.455 e. The Kier molecular flexibility index (Phi) is 7.42. The quantitative estimate of drug-likeness (QED) is 0.162. The van der Waals surface area contributed by atoms with Gasteiger partial charge in [0.2, 0.25) is 0 Å². The van der Waals surface area contributed by atoms with E-state index < -0.39 is 0 Å². The first kappa shape index (κ1) is 35.1. The van der Waals surface area contributed by atoms with Crippen LogP contribution in [-0.2, 0) is 5.41 Å². The van der Waals surface area contributed by atoms with Crippen LogP contribution in [0.4, 0.5) is 0 Å². The van der Waals surface area contributed by atoms with Crippen molar-refractivity contribution in [1.29, 1.82) is 0 Å². The van der Waals surface area contributed by atoms with Crippen LogP contribution in [0.15, 0.2) is 211 Å². The van der Waals surface area contributed by atoms with Gasteiger partial charge < -0.3 is 4.42 Å². The van der Waals surface area contributed by atoms with Crippen molar-refractivity contribution in [2.24, 2.45) is 0 Å². The zero-order valence-corrected chi connectivity index (χ0v) is 34.5. The minimum absolute atomic E-state index is 0.156. The normalized spacial score (nSPS) is 13.1. The Hall–Kier alpha value is -7.74. The molecule has 0 saturated heterocycles. The van der Waals surface area contributed by atoms with Crippen LogP contribution < -0.4 is 0 Å². The van der Waals surface area contributed by atoms with Crippen LogP contribution in [-0.4, -0.2) is 0 Å². The first-order chi connectivity index (χ1) is 30.5. The van der Waals surface area contributed by atoms with Crippen molar-refractivity contribution < 1.29 is 4.42 Å². The molecule has 13 rings (SSSR count). The maximum absolute atomic E-state index is 7.01. The fourth-order valence-corrected chi connectivity index (χ4v) is 11.1. The van der Waals surface area contributed by atoms with Crippen LogP contribution in [0.5, 0.6) is 0 Å². The van der Waals surface area contributed by atoms with Crippen LogP contribution in [0.3, 0.4) is 0 Å². The molecule has 1 heterocycles. The second kappa shape index (κ2) is 13.1. The van der Waals surface area contributed by atoms with Crippen LogP contribution >= 0.6 is 0 Å². The molecular formula is C61H40O. The molecule has 0 bridgehead atoms. The smallest absolute Gasteiger partial charge is 0.143 e. The maximum atomic E-state index is 7.01. The van der Waals surface area contributed by atoms with E-state index in [0.29, 0.717) is 0 Å². The number of furan rings is 1. The molecule has 0 N–H and O–H groups in total. The highest BCUT2D eigenvalue weighted by molar-refractivity contribution is 6.23. The highest BCUT2D eigenvalue weighted by atomic mass is 16.3. The lowest BCUT2D eigenvalue weighted by atomic mass is 9.80. The molecule has 12 aromatic rings. The van der Waals surface area contributed by atoms with Crippen LogP contribution in [0.2, 0.25) is 0 Å². The van der Waals surface area contributed by atoms with Crippen molar-refractivity contribution in [1.82, 2.24) is 0 Å². The van der Waals surface area contributed by atoms with Gasteiger partial charge in [0.25, 0.3) is 0 Å². The lowest BCUT2D eigenvalue weighted by molar-refractivity contribution is 0.657. The zero-order valence-electron chi connectivity index (χ0n) is 34.5. The predicted molar refractivity (Wildman–Crippen MR) is 263 cm³/mol. The van der Waals surface area contributed by atoms with E-state index in [1.807, 2.05) is 0 Å². The molecule has 0 amide bonds. The van der Waals surface area contributed by atoms with Gasteiger partial charge in [-0.1, -0.05) is 202 Å². The average molecular weight is 789 g/mol. The Morgan fingerprint density at radius 1 is 0.339 bits per heavy atom. The number of fused-ring (bicyclic) bond motifs is 11. The molecule has 0 atom stereocenters. The Morgan fingerprint density at radius 3 is 1.60 bits per heavy atom. The summed E-state index contributed by atoms with van der Waals surface area (Å²) in [5, 5.41) is 12.3. The molecule has 62 heavy (non-hydrogen) atoms. The first-order valence-electron chi connectivity index (χ1n) is 21.7. The van der Waals surface area contributed by atoms with E-state index in [1.54, 1.807) is 0 Å². The van der Waals surface area contributed by atoms with Gasteiger partial charge in [0.15, 0.2) is 0 Å². The number of hydrogen-bond acceptors (Lipinski definition) is 1. The van der Waals surface area contributed by atoms with Crippen LogP contribution in [0, 0.1) is 0 Å². The second-order valence-electron chi connectivity index (χ2n) is 17.5. The molecule has 1 aromatic heterocycles. The molecule has 0 unspecified atom stereocenters. The zero-order chi connectivity index (χ0) is 41.1. The summed E-state index contributed by atoms with van der Waals surface area (Å²) in [6.07, 6.45) is 0. The summed E-state index contributed by atoms with van der Waals surface area (Å²) in [5.41, 5.74) is 16.8. The minimum atomic E-state index is -0.156. The van der Waals surface area contributed by atoms with E-state index in [2.05, 4.69) is 220 Å². The van der Waals surface area contributed by atoms with Crippen LogP contribution in [0.25, 0.3) is 121 Å². The topological polar surface area (TPSA) is 13.1 Å². The summed E-state index contributed by atoms with van der Waals surface area (Å²) in [5.74, 6) is 0. The third-order valence-electron chi connectivity index (χ3n) is 13.8. The molecule has 1 heteroatoms. The highest BCUT2D eigenvalue weighted by Crippen LogP contribution is 2.54. The van der Waals surface area contributed by atoms with Gasteiger partial charge in [0.1, 0.15) is 11.2 Å². The molecule has 290 valence electrons. The Bertz CT molecular complexity index is 3760. The van der Waals surface area contributed by atoms with Gasteiger partial charge in [0.05, 0.1) is 0 Å². The lowest BCUT2D eigenvalue weighted by Gasteiger charge is -2.22. The van der Waals surface area contributed by atoms with Gasteiger partial charge in [-0.15, -0.1) is 0 Å². The van der Waals surface area contributed by atoms with Crippen molar-refractivity contribution >= 4 is 65.0 Å². The highest BCUT2D eigenvalue weighted by Gasteiger charge is 2.38. The standard InChI is InChI=1S/C61H40O/c1-61(2)53-28-12-11-22-46(53)51-33-34-54-58(59(51)61)52-36-41-16-4-6-21-45(41)57(60(52)62-54)39-31-29-38(30-32-39)55-47-23-7-9-25-49(47)56(50-26-10-8-24-48(50)55)42-19-13-18-40(35-42)44-27-14-17-37-15-3-5-20-43(37)44/h3-36H,1-2H3. The number of hydrogen-bond donors (Lipinski definition) is 0. The summed E-state index contributed by atoms with van der Waals surface area (Å²) < 4.78 is 7.01. The first-order valence-corrected chi connectivity index (χ1v) is 21.7. The van der Waals surface area contributed by atoms with Gasteiger partial charge in [-0.3, -0.25) is 0 Å². The molecule has 0 fully saturated rings. The van der Waals surface area contributed by atoms with E-state index in [0.717, 1.165) is 22.3 Å². The summed E-state index contributed by atoms with van der Waals surface area (Å²) in [4.78, 5) is 0. The lowest BCUT2D eigenvalue weighted by Crippen LogP contribution is -2.15. The van der Waals surface area contributed by atoms with Gasteiger partial charge in [-0.25, -0.2) is 0 Å². The van der Waals surface area contributed by atoms with Gasteiger partial charge in [-0.05, 0) is 122 Å². The average Bonchev–Trinajstić information content (AvgIpc) is 3.80. The Morgan fingerprint density at radius 2 is 0.871 bits per heavy atom. The van der Waals surface area contributed by atoms with Crippen LogP contribution in [0.1, 0.15) is 25.0 Å². The fourth-order valence-electron chi connectivity index (χ4n) is 11.1. The summed E-state index contributed by atoms with van der Waals surface area (Å²) >= 11 is 0. The molecule has 0 saturated carbocycles. The van der Waals surface area contributed by atoms with Crippen molar-refractivity contribution in [3.8, 4) is 55.6 Å². The number of benzene rings is 11. The molecule has 1 aliphatic rings. The summed E-state index contributed by atoms with van der Waals surface area (Å²) in [7, 11) is 0. The summed E-state index contributed by atoms with van der Waals surface area (Å²) in [6, 6.07) is 76.0. The Labute approximate surface area is 360 Å². The van der Waals surface area contributed by atoms with E-state index in [4.69, 9.17) is 4.42 Å². The molecule has 1 nitrogen and oxygen atoms in total. The molecule has 1 aliphatic carbocycles. The van der Waals surface area contributed by atoms with Gasteiger partial charge in [-0.2, -0.15) is 0 Å². The molecular weight excluding hydrogens is 749 g/mol. The molecule has 0 radical (unpaired) electrons. The molecule has 0 spiro atoms. The van der Waals surface area contributed by atoms with Crippen molar-refractivity contribution in [3.05, 3.63) is 217 Å². The van der Waals surface area contributed by atoms with Crippen molar-refractivity contribution in [2.75, 3.05) is 0 Å². The second-order valence-corrected chi connectivity index (χ2v) is 17.5. The minimum Gasteiger partial charge on any atom is -0.455 e. The third-order valence-corrected chi connectivity index (χ3v) is 13.8. The van der Waals surface area contributed by atoms with E-state index in [1.165, 1.54) is 109 Å². The fraction of sp³-hybridized carbons (Fsp3) is 0.0492. The maximum Gasteiger partial charge on any atom is 0.143 e.